The highest BCUT2D eigenvalue weighted by atomic mass is 32.2. The summed E-state index contributed by atoms with van der Waals surface area (Å²) in [5, 5.41) is 11.0. The zero-order chi connectivity index (χ0) is 12.0. The quantitative estimate of drug-likeness (QED) is 0.606. The zero-order valence-electron chi connectivity index (χ0n) is 8.54. The van der Waals surface area contributed by atoms with Crippen LogP contribution in [-0.4, -0.2) is 41.4 Å². The van der Waals surface area contributed by atoms with Crippen molar-refractivity contribution >= 4 is 15.9 Å². The largest absolute Gasteiger partial charge is 0.355 e. The van der Waals surface area contributed by atoms with Gasteiger partial charge in [0.1, 0.15) is 12.7 Å². The lowest BCUT2D eigenvalue weighted by atomic mass is 10.4. The average molecular weight is 247 g/mol. The van der Waals surface area contributed by atoms with E-state index in [2.05, 4.69) is 15.4 Å². The van der Waals surface area contributed by atoms with Crippen LogP contribution in [-0.2, 0) is 21.4 Å². The van der Waals surface area contributed by atoms with Crippen molar-refractivity contribution < 1.29 is 13.2 Å². The number of primary sulfonamides is 1. The smallest absolute Gasteiger partial charge is 0.221 e. The number of nitrogens with zero attached hydrogens (tertiary/aromatic N) is 3. The Bertz CT molecular complexity index is 427. The van der Waals surface area contributed by atoms with Crippen LogP contribution in [0, 0.1) is 0 Å². The summed E-state index contributed by atoms with van der Waals surface area (Å²) in [6.07, 6.45) is 3.09. The summed E-state index contributed by atoms with van der Waals surface area (Å²) in [7, 11) is -3.52. The molecule has 0 spiro atoms. The molecule has 0 aliphatic heterocycles. The number of nitrogens with one attached hydrogen (secondary N) is 1. The fourth-order valence-electron chi connectivity index (χ4n) is 0.985. The molecule has 8 nitrogen and oxygen atoms in total. The Balaban J connectivity index is 2.17. The number of carbonyl (C=O) groups is 1. The lowest BCUT2D eigenvalue weighted by Crippen LogP contribution is -2.31. The van der Waals surface area contributed by atoms with Gasteiger partial charge in [0.05, 0.1) is 12.3 Å². The summed E-state index contributed by atoms with van der Waals surface area (Å²) in [5.41, 5.74) is 0. The molecule has 0 saturated heterocycles. The number of nitrogens with two attached hydrogens (primary N) is 1. The predicted molar refractivity (Wildman–Crippen MR) is 55.6 cm³/mol. The van der Waals surface area contributed by atoms with Gasteiger partial charge in [0.2, 0.25) is 15.9 Å². The first-order valence-corrected chi connectivity index (χ1v) is 6.28. The Morgan fingerprint density at radius 3 is 2.81 bits per heavy atom. The highest BCUT2D eigenvalue weighted by Crippen LogP contribution is 1.87. The molecule has 1 heterocycles. The van der Waals surface area contributed by atoms with Crippen molar-refractivity contribution in [3.8, 4) is 0 Å². The Morgan fingerprint density at radius 2 is 2.25 bits per heavy atom. The van der Waals surface area contributed by atoms with Crippen molar-refractivity contribution in [2.45, 2.75) is 13.0 Å². The molecule has 1 aromatic heterocycles. The molecule has 90 valence electrons. The van der Waals surface area contributed by atoms with E-state index in [1.165, 1.54) is 17.3 Å². The van der Waals surface area contributed by atoms with Gasteiger partial charge in [-0.2, -0.15) is 5.10 Å². The third kappa shape index (κ3) is 5.41. The molecule has 0 unspecified atom stereocenters. The molecule has 0 fully saturated rings. The van der Waals surface area contributed by atoms with Gasteiger partial charge < -0.3 is 5.32 Å². The third-order valence-electron chi connectivity index (χ3n) is 1.74. The van der Waals surface area contributed by atoms with Gasteiger partial charge in [0.25, 0.3) is 0 Å². The van der Waals surface area contributed by atoms with Gasteiger partial charge in [-0.25, -0.2) is 18.5 Å². The standard InChI is InChI=1S/C7H13N5O3S/c8-16(14,15)4-2-10-7(13)1-3-12-6-9-5-11-12/h5-6H,1-4H2,(H,10,13)(H2,8,14,15). The summed E-state index contributed by atoms with van der Waals surface area (Å²) in [5.74, 6) is -0.513. The maximum atomic E-state index is 11.2. The van der Waals surface area contributed by atoms with Crippen LogP contribution in [0.25, 0.3) is 0 Å². The molecule has 1 amide bonds. The van der Waals surface area contributed by atoms with E-state index in [4.69, 9.17) is 5.14 Å². The van der Waals surface area contributed by atoms with E-state index in [0.717, 1.165) is 0 Å². The van der Waals surface area contributed by atoms with Gasteiger partial charge >= 0.3 is 0 Å². The van der Waals surface area contributed by atoms with Gasteiger partial charge in [-0.1, -0.05) is 0 Å². The highest BCUT2D eigenvalue weighted by Gasteiger charge is 2.05. The second-order valence-corrected chi connectivity index (χ2v) is 4.86. The molecular weight excluding hydrogens is 234 g/mol. The van der Waals surface area contributed by atoms with Crippen LogP contribution in [0.1, 0.15) is 6.42 Å². The first-order chi connectivity index (χ1) is 7.47. The van der Waals surface area contributed by atoms with Crippen molar-refractivity contribution in [1.29, 1.82) is 0 Å². The topological polar surface area (TPSA) is 120 Å². The zero-order valence-corrected chi connectivity index (χ0v) is 9.35. The molecule has 16 heavy (non-hydrogen) atoms. The van der Waals surface area contributed by atoms with E-state index in [0.29, 0.717) is 6.54 Å². The predicted octanol–water partition coefficient (Wildman–Crippen LogP) is -1.93. The van der Waals surface area contributed by atoms with E-state index in [-0.39, 0.29) is 24.6 Å². The Labute approximate surface area is 92.9 Å². The lowest BCUT2D eigenvalue weighted by Gasteiger charge is -2.03. The number of aryl methyl sites for hydroxylation is 1. The molecule has 0 aliphatic carbocycles. The molecule has 0 radical (unpaired) electrons. The van der Waals surface area contributed by atoms with Crippen LogP contribution in [0.15, 0.2) is 12.7 Å². The highest BCUT2D eigenvalue weighted by molar-refractivity contribution is 7.89. The van der Waals surface area contributed by atoms with Crippen LogP contribution >= 0.6 is 0 Å². The molecular formula is C7H13N5O3S. The Hall–Kier alpha value is -1.48. The lowest BCUT2D eigenvalue weighted by molar-refractivity contribution is -0.121. The third-order valence-corrected chi connectivity index (χ3v) is 2.52. The molecule has 1 aromatic rings. The summed E-state index contributed by atoms with van der Waals surface area (Å²) in [4.78, 5) is 14.9. The van der Waals surface area contributed by atoms with E-state index < -0.39 is 10.0 Å². The molecule has 0 aromatic carbocycles. The second kappa shape index (κ2) is 5.56. The van der Waals surface area contributed by atoms with Crippen LogP contribution < -0.4 is 10.5 Å². The molecule has 3 N–H and O–H groups in total. The average Bonchev–Trinajstić information content (AvgIpc) is 2.65. The molecule has 9 heteroatoms. The monoisotopic (exact) mass is 247 g/mol. The first kappa shape index (κ1) is 12.6. The summed E-state index contributed by atoms with van der Waals surface area (Å²) in [6, 6.07) is 0. The minimum absolute atomic E-state index is 0.0228. The molecule has 0 aliphatic rings. The first-order valence-electron chi connectivity index (χ1n) is 4.57. The maximum Gasteiger partial charge on any atom is 0.221 e. The minimum atomic E-state index is -3.52. The fourth-order valence-corrected chi connectivity index (χ4v) is 1.37. The number of aromatic nitrogens is 3. The van der Waals surface area contributed by atoms with E-state index in [9.17, 15) is 13.2 Å². The molecule has 1 rings (SSSR count). The summed E-state index contributed by atoms with van der Waals surface area (Å²) >= 11 is 0. The minimum Gasteiger partial charge on any atom is -0.355 e. The van der Waals surface area contributed by atoms with Crippen LogP contribution in [0.2, 0.25) is 0 Å². The van der Waals surface area contributed by atoms with Crippen LogP contribution in [0.4, 0.5) is 0 Å². The number of hydrogen-bond acceptors (Lipinski definition) is 5. The van der Waals surface area contributed by atoms with E-state index in [1.807, 2.05) is 0 Å². The van der Waals surface area contributed by atoms with Crippen LogP contribution in [0.5, 0.6) is 0 Å². The second-order valence-electron chi connectivity index (χ2n) is 3.13. The number of rotatable bonds is 6. The fraction of sp³-hybridized carbons (Fsp3) is 0.571. The van der Waals surface area contributed by atoms with Gasteiger partial charge in [-0.15, -0.1) is 0 Å². The number of sulfonamides is 1. The normalized spacial score (nSPS) is 11.3. The van der Waals surface area contributed by atoms with Crippen LogP contribution in [0.3, 0.4) is 0 Å². The van der Waals surface area contributed by atoms with Crippen molar-refractivity contribution in [1.82, 2.24) is 20.1 Å². The van der Waals surface area contributed by atoms with Gasteiger partial charge in [0, 0.05) is 13.0 Å². The maximum absolute atomic E-state index is 11.2. The number of hydrogen-bond donors (Lipinski definition) is 2. The molecule has 0 atom stereocenters. The molecule has 0 bridgehead atoms. The van der Waals surface area contributed by atoms with E-state index in [1.54, 1.807) is 0 Å². The number of carbonyl (C=O) groups excluding carboxylic acids is 1. The van der Waals surface area contributed by atoms with Crippen molar-refractivity contribution in [2.24, 2.45) is 5.14 Å². The SMILES string of the molecule is NS(=O)(=O)CCNC(=O)CCn1cncn1. The van der Waals surface area contributed by atoms with E-state index >= 15 is 0 Å². The Kier molecular flexibility index (Phi) is 4.38. The van der Waals surface area contributed by atoms with Crippen molar-refractivity contribution in [2.75, 3.05) is 12.3 Å². The van der Waals surface area contributed by atoms with Crippen molar-refractivity contribution in [3.05, 3.63) is 12.7 Å². The summed E-state index contributed by atoms with van der Waals surface area (Å²) < 4.78 is 22.6. The van der Waals surface area contributed by atoms with Crippen molar-refractivity contribution in [3.63, 3.8) is 0 Å². The Morgan fingerprint density at radius 1 is 1.50 bits per heavy atom. The van der Waals surface area contributed by atoms with Gasteiger partial charge in [0.15, 0.2) is 0 Å². The van der Waals surface area contributed by atoms with Gasteiger partial charge in [-0.05, 0) is 0 Å². The summed E-state index contributed by atoms with van der Waals surface area (Å²) in [6.45, 7) is 0.427. The molecule has 0 saturated carbocycles. The van der Waals surface area contributed by atoms with Gasteiger partial charge in [-0.3, -0.25) is 9.48 Å². The number of amides is 1.